The second-order valence-corrected chi connectivity index (χ2v) is 7.18. The first-order valence-electron chi connectivity index (χ1n) is 6.89. The molecular weight excluding hydrogens is 276 g/mol. The third-order valence-corrected chi connectivity index (χ3v) is 4.51. The minimum absolute atomic E-state index is 0.139. The van der Waals surface area contributed by atoms with Gasteiger partial charge in [0.05, 0.1) is 18.5 Å². The molecule has 0 saturated carbocycles. The monoisotopic (exact) mass is 298 g/mol. The van der Waals surface area contributed by atoms with Crippen molar-refractivity contribution in [2.24, 2.45) is 5.73 Å². The van der Waals surface area contributed by atoms with Crippen molar-refractivity contribution >= 4 is 15.7 Å². The zero-order chi connectivity index (χ0) is 14.8. The highest BCUT2D eigenvalue weighted by Gasteiger charge is 2.29. The van der Waals surface area contributed by atoms with E-state index < -0.39 is 10.0 Å². The predicted octanol–water partition coefficient (Wildman–Crippen LogP) is 1.51. The van der Waals surface area contributed by atoms with Gasteiger partial charge in [-0.15, -0.1) is 0 Å². The lowest BCUT2D eigenvalue weighted by Gasteiger charge is -2.33. The summed E-state index contributed by atoms with van der Waals surface area (Å²) in [5, 5.41) is 0. The Balaban J connectivity index is 2.29. The van der Waals surface area contributed by atoms with Crippen molar-refractivity contribution < 1.29 is 13.2 Å². The highest BCUT2D eigenvalue weighted by molar-refractivity contribution is 7.92. The molecule has 0 spiro atoms. The molecule has 0 radical (unpaired) electrons. The third kappa shape index (κ3) is 3.43. The number of unbranched alkanes of at least 4 members (excludes halogenated alkanes) is 1. The second-order valence-electron chi connectivity index (χ2n) is 5.27. The Bertz CT molecular complexity index is 572. The van der Waals surface area contributed by atoms with Gasteiger partial charge in [-0.1, -0.05) is 6.07 Å². The number of sulfonamides is 1. The fourth-order valence-corrected chi connectivity index (χ4v) is 3.37. The minimum atomic E-state index is -3.28. The summed E-state index contributed by atoms with van der Waals surface area (Å²) in [4.78, 5) is 0. The van der Waals surface area contributed by atoms with Crippen LogP contribution in [0.1, 0.15) is 25.3 Å². The molecule has 0 amide bonds. The molecule has 2 rings (SSSR count). The van der Waals surface area contributed by atoms with Crippen molar-refractivity contribution in [3.05, 3.63) is 23.8 Å². The van der Waals surface area contributed by atoms with E-state index in [1.54, 1.807) is 0 Å². The SMILES string of the molecule is CC1CN(S(C)(=O)=O)c2cc(CCCCN)ccc2O1. The first-order chi connectivity index (χ1) is 9.41. The maximum absolute atomic E-state index is 11.9. The summed E-state index contributed by atoms with van der Waals surface area (Å²) in [6.45, 7) is 2.91. The Morgan fingerprint density at radius 3 is 2.80 bits per heavy atom. The van der Waals surface area contributed by atoms with Crippen LogP contribution in [-0.4, -0.2) is 33.9 Å². The summed E-state index contributed by atoms with van der Waals surface area (Å²) in [7, 11) is -3.28. The molecule has 1 unspecified atom stereocenters. The number of nitrogens with zero attached hydrogens (tertiary/aromatic N) is 1. The van der Waals surface area contributed by atoms with Crippen LogP contribution in [0, 0.1) is 0 Å². The van der Waals surface area contributed by atoms with Crippen molar-refractivity contribution in [2.45, 2.75) is 32.3 Å². The van der Waals surface area contributed by atoms with Crippen molar-refractivity contribution in [3.8, 4) is 5.75 Å². The number of anilines is 1. The molecular formula is C14H22N2O3S. The Morgan fingerprint density at radius 2 is 2.15 bits per heavy atom. The molecule has 0 aliphatic carbocycles. The van der Waals surface area contributed by atoms with E-state index in [1.165, 1.54) is 10.6 Å². The van der Waals surface area contributed by atoms with E-state index >= 15 is 0 Å². The van der Waals surface area contributed by atoms with Gasteiger partial charge in [0.25, 0.3) is 0 Å². The highest BCUT2D eigenvalue weighted by atomic mass is 32.2. The number of hydrogen-bond acceptors (Lipinski definition) is 4. The first kappa shape index (κ1) is 15.1. The Morgan fingerprint density at radius 1 is 1.40 bits per heavy atom. The van der Waals surface area contributed by atoms with Crippen molar-refractivity contribution in [1.82, 2.24) is 0 Å². The largest absolute Gasteiger partial charge is 0.487 e. The summed E-state index contributed by atoms with van der Waals surface area (Å²) in [6.07, 6.45) is 3.97. The molecule has 20 heavy (non-hydrogen) atoms. The normalized spacial score (nSPS) is 18.6. The van der Waals surface area contributed by atoms with Crippen LogP contribution in [0.2, 0.25) is 0 Å². The van der Waals surface area contributed by atoms with Crippen LogP contribution >= 0.6 is 0 Å². The zero-order valence-electron chi connectivity index (χ0n) is 12.0. The van der Waals surface area contributed by atoms with Gasteiger partial charge in [0.1, 0.15) is 11.9 Å². The topological polar surface area (TPSA) is 72.6 Å². The second kappa shape index (κ2) is 6.01. The van der Waals surface area contributed by atoms with E-state index in [4.69, 9.17) is 10.5 Å². The number of aryl methyl sites for hydroxylation is 1. The summed E-state index contributed by atoms with van der Waals surface area (Å²) >= 11 is 0. The lowest BCUT2D eigenvalue weighted by molar-refractivity contribution is 0.219. The van der Waals surface area contributed by atoms with Crippen LogP contribution in [0.25, 0.3) is 0 Å². The predicted molar refractivity (Wildman–Crippen MR) is 80.7 cm³/mol. The Labute approximate surface area is 120 Å². The van der Waals surface area contributed by atoms with Crippen molar-refractivity contribution in [3.63, 3.8) is 0 Å². The molecule has 112 valence electrons. The smallest absolute Gasteiger partial charge is 0.232 e. The molecule has 0 saturated heterocycles. The average molecular weight is 298 g/mol. The quantitative estimate of drug-likeness (QED) is 0.836. The summed E-state index contributed by atoms with van der Waals surface area (Å²) < 4.78 is 31.0. The lowest BCUT2D eigenvalue weighted by atomic mass is 10.1. The number of hydrogen-bond donors (Lipinski definition) is 1. The van der Waals surface area contributed by atoms with E-state index in [1.807, 2.05) is 25.1 Å². The highest BCUT2D eigenvalue weighted by Crippen LogP contribution is 2.36. The van der Waals surface area contributed by atoms with Crippen LogP contribution < -0.4 is 14.8 Å². The van der Waals surface area contributed by atoms with Gasteiger partial charge in [0.2, 0.25) is 10.0 Å². The number of fused-ring (bicyclic) bond motifs is 1. The van der Waals surface area contributed by atoms with Gasteiger partial charge in [0.15, 0.2) is 0 Å². The third-order valence-electron chi connectivity index (χ3n) is 3.36. The summed E-state index contributed by atoms with van der Waals surface area (Å²) in [5.74, 6) is 0.636. The van der Waals surface area contributed by atoms with Gasteiger partial charge in [-0.3, -0.25) is 4.31 Å². The maximum Gasteiger partial charge on any atom is 0.232 e. The standard InChI is InChI=1S/C14H22N2O3S/c1-11-10-16(20(2,17)18)13-9-12(5-3-4-8-15)6-7-14(13)19-11/h6-7,9,11H,3-5,8,10,15H2,1-2H3. The van der Waals surface area contributed by atoms with Crippen LogP contribution in [0.3, 0.4) is 0 Å². The molecule has 0 bridgehead atoms. The fourth-order valence-electron chi connectivity index (χ4n) is 2.39. The first-order valence-corrected chi connectivity index (χ1v) is 8.74. The fraction of sp³-hybridized carbons (Fsp3) is 0.571. The molecule has 6 heteroatoms. The number of benzene rings is 1. The molecule has 0 fully saturated rings. The van der Waals surface area contributed by atoms with E-state index in [-0.39, 0.29) is 6.10 Å². The molecule has 1 heterocycles. The lowest BCUT2D eigenvalue weighted by Crippen LogP contribution is -2.41. The Hall–Kier alpha value is -1.27. The van der Waals surface area contributed by atoms with Gasteiger partial charge >= 0.3 is 0 Å². The summed E-state index contributed by atoms with van der Waals surface area (Å²) in [6, 6.07) is 5.77. The molecule has 1 aromatic rings. The molecule has 1 aliphatic rings. The maximum atomic E-state index is 11.9. The minimum Gasteiger partial charge on any atom is -0.487 e. The molecule has 2 N–H and O–H groups in total. The molecule has 1 aliphatic heterocycles. The van der Waals surface area contributed by atoms with Crippen molar-refractivity contribution in [2.75, 3.05) is 23.7 Å². The van der Waals surface area contributed by atoms with Gasteiger partial charge in [-0.2, -0.15) is 0 Å². The van der Waals surface area contributed by atoms with E-state index in [9.17, 15) is 8.42 Å². The molecule has 1 aromatic carbocycles. The van der Waals surface area contributed by atoms with Crippen LogP contribution in [0.4, 0.5) is 5.69 Å². The van der Waals surface area contributed by atoms with E-state index in [2.05, 4.69) is 0 Å². The van der Waals surface area contributed by atoms with Crippen LogP contribution in [0.15, 0.2) is 18.2 Å². The molecule has 0 aromatic heterocycles. The van der Waals surface area contributed by atoms with Gasteiger partial charge < -0.3 is 10.5 Å². The van der Waals surface area contributed by atoms with Gasteiger partial charge in [-0.05, 0) is 50.4 Å². The zero-order valence-corrected chi connectivity index (χ0v) is 12.8. The van der Waals surface area contributed by atoms with Crippen LogP contribution in [-0.2, 0) is 16.4 Å². The van der Waals surface area contributed by atoms with Gasteiger partial charge in [0, 0.05) is 0 Å². The van der Waals surface area contributed by atoms with Crippen LogP contribution in [0.5, 0.6) is 5.75 Å². The average Bonchev–Trinajstić information content (AvgIpc) is 2.37. The molecule has 1 atom stereocenters. The summed E-state index contributed by atoms with van der Waals surface area (Å²) in [5.41, 5.74) is 7.25. The molecule has 5 nitrogen and oxygen atoms in total. The van der Waals surface area contributed by atoms with Gasteiger partial charge in [-0.25, -0.2) is 8.42 Å². The van der Waals surface area contributed by atoms with E-state index in [0.717, 1.165) is 24.8 Å². The number of nitrogens with two attached hydrogens (primary N) is 1. The number of ether oxygens (including phenoxy) is 1. The van der Waals surface area contributed by atoms with E-state index in [0.29, 0.717) is 24.5 Å². The Kier molecular flexibility index (Phi) is 4.55. The number of rotatable bonds is 5. The van der Waals surface area contributed by atoms with Crippen molar-refractivity contribution in [1.29, 1.82) is 0 Å².